The molecule has 5 heteroatoms. The van der Waals surface area contributed by atoms with Gasteiger partial charge in [0.2, 0.25) is 5.95 Å². The molecule has 0 amide bonds. The lowest BCUT2D eigenvalue weighted by Crippen LogP contribution is -2.34. The van der Waals surface area contributed by atoms with Gasteiger partial charge < -0.3 is 14.8 Å². The molecule has 0 aliphatic carbocycles. The summed E-state index contributed by atoms with van der Waals surface area (Å²) in [7, 11) is 0. The smallest absolute Gasteiger partial charge is 0.225 e. The van der Waals surface area contributed by atoms with Gasteiger partial charge in [0.25, 0.3) is 0 Å². The van der Waals surface area contributed by atoms with Gasteiger partial charge in [0.05, 0.1) is 5.97 Å². The summed E-state index contributed by atoms with van der Waals surface area (Å²) in [4.78, 5) is 20.7. The SMILES string of the molecule is CC1CCN(c2ncc(C(=O)[O-])cn2)CC1. The zero-order valence-electron chi connectivity index (χ0n) is 9.22. The van der Waals surface area contributed by atoms with Crippen LogP contribution in [-0.2, 0) is 0 Å². The standard InChI is InChI=1S/C11H15N3O2/c1-8-2-4-14(5-3-8)11-12-6-9(7-13-11)10(15)16/h6-8H,2-5H2,1H3,(H,15,16)/p-1. The van der Waals surface area contributed by atoms with Crippen molar-refractivity contribution >= 4 is 11.9 Å². The predicted molar refractivity (Wildman–Crippen MR) is 57.0 cm³/mol. The summed E-state index contributed by atoms with van der Waals surface area (Å²) in [5, 5.41) is 10.5. The molecule has 86 valence electrons. The molecule has 1 aliphatic heterocycles. The molecule has 1 aliphatic rings. The zero-order chi connectivity index (χ0) is 11.5. The van der Waals surface area contributed by atoms with E-state index >= 15 is 0 Å². The molecule has 5 nitrogen and oxygen atoms in total. The van der Waals surface area contributed by atoms with Gasteiger partial charge in [-0.1, -0.05) is 6.92 Å². The Kier molecular flexibility index (Phi) is 3.03. The van der Waals surface area contributed by atoms with Crippen LogP contribution in [0.15, 0.2) is 12.4 Å². The van der Waals surface area contributed by atoms with Gasteiger partial charge in [-0.25, -0.2) is 9.97 Å². The van der Waals surface area contributed by atoms with Crippen LogP contribution in [0.25, 0.3) is 0 Å². The van der Waals surface area contributed by atoms with E-state index in [9.17, 15) is 9.90 Å². The molecule has 0 spiro atoms. The number of piperidine rings is 1. The number of rotatable bonds is 2. The van der Waals surface area contributed by atoms with Crippen LogP contribution in [0.1, 0.15) is 30.1 Å². The molecule has 0 unspecified atom stereocenters. The Hall–Kier alpha value is -1.65. The molecule has 16 heavy (non-hydrogen) atoms. The number of carbonyl (C=O) groups is 1. The van der Waals surface area contributed by atoms with Gasteiger partial charge >= 0.3 is 0 Å². The molecule has 0 atom stereocenters. The third-order valence-corrected chi connectivity index (χ3v) is 2.94. The number of carboxylic acid groups (broad SMARTS) is 1. The Labute approximate surface area is 94.1 Å². The predicted octanol–water partition coefficient (Wildman–Crippen LogP) is 0.0764. The lowest BCUT2D eigenvalue weighted by atomic mass is 10.00. The minimum Gasteiger partial charge on any atom is -0.545 e. The molecule has 2 rings (SSSR count). The van der Waals surface area contributed by atoms with Crippen molar-refractivity contribution < 1.29 is 9.90 Å². The molecule has 1 fully saturated rings. The Balaban J connectivity index is 2.07. The zero-order valence-corrected chi connectivity index (χ0v) is 9.22. The number of aromatic carboxylic acids is 1. The highest BCUT2D eigenvalue weighted by Gasteiger charge is 2.17. The molecule has 2 heterocycles. The van der Waals surface area contributed by atoms with Crippen molar-refractivity contribution in [2.45, 2.75) is 19.8 Å². The Morgan fingerprint density at radius 3 is 2.44 bits per heavy atom. The first-order chi connectivity index (χ1) is 7.66. The molecular weight excluding hydrogens is 206 g/mol. The van der Waals surface area contributed by atoms with E-state index in [1.165, 1.54) is 12.4 Å². The van der Waals surface area contributed by atoms with Gasteiger partial charge in [-0.2, -0.15) is 0 Å². The second-order valence-corrected chi connectivity index (χ2v) is 4.23. The highest BCUT2D eigenvalue weighted by atomic mass is 16.4. The maximum absolute atomic E-state index is 10.5. The van der Waals surface area contributed by atoms with Crippen molar-refractivity contribution in [1.82, 2.24) is 9.97 Å². The van der Waals surface area contributed by atoms with Crippen molar-refractivity contribution in [3.05, 3.63) is 18.0 Å². The number of aromatic nitrogens is 2. The quantitative estimate of drug-likeness (QED) is 0.705. The van der Waals surface area contributed by atoms with E-state index in [1.807, 2.05) is 0 Å². The van der Waals surface area contributed by atoms with Crippen LogP contribution in [0.2, 0.25) is 0 Å². The van der Waals surface area contributed by atoms with Crippen LogP contribution in [0, 0.1) is 5.92 Å². The minimum atomic E-state index is -1.24. The monoisotopic (exact) mass is 220 g/mol. The van der Waals surface area contributed by atoms with Crippen LogP contribution in [0.5, 0.6) is 0 Å². The molecule has 1 aromatic heterocycles. The summed E-state index contributed by atoms with van der Waals surface area (Å²) in [6, 6.07) is 0. The van der Waals surface area contributed by atoms with Crippen LogP contribution in [0.3, 0.4) is 0 Å². The third kappa shape index (κ3) is 2.29. The van der Waals surface area contributed by atoms with Crippen molar-refractivity contribution in [2.75, 3.05) is 18.0 Å². The van der Waals surface area contributed by atoms with Crippen molar-refractivity contribution in [3.8, 4) is 0 Å². The molecule has 0 aromatic carbocycles. The van der Waals surface area contributed by atoms with Crippen molar-refractivity contribution in [1.29, 1.82) is 0 Å². The second kappa shape index (κ2) is 4.47. The summed E-state index contributed by atoms with van der Waals surface area (Å²) in [6.07, 6.45) is 4.86. The van der Waals surface area contributed by atoms with E-state index in [0.29, 0.717) is 5.95 Å². The van der Waals surface area contributed by atoms with E-state index in [4.69, 9.17) is 0 Å². The van der Waals surface area contributed by atoms with Crippen molar-refractivity contribution in [2.24, 2.45) is 5.92 Å². The van der Waals surface area contributed by atoms with Crippen LogP contribution < -0.4 is 10.0 Å². The van der Waals surface area contributed by atoms with Gasteiger partial charge in [0, 0.05) is 31.0 Å². The number of carbonyl (C=O) groups excluding carboxylic acids is 1. The highest BCUT2D eigenvalue weighted by Crippen LogP contribution is 2.19. The lowest BCUT2D eigenvalue weighted by Gasteiger charge is -2.30. The number of hydrogen-bond acceptors (Lipinski definition) is 5. The second-order valence-electron chi connectivity index (χ2n) is 4.23. The molecule has 0 saturated carbocycles. The first-order valence-electron chi connectivity index (χ1n) is 5.45. The van der Waals surface area contributed by atoms with Gasteiger partial charge in [0.15, 0.2) is 0 Å². The Bertz CT molecular complexity index is 369. The fraction of sp³-hybridized carbons (Fsp3) is 0.545. The topological polar surface area (TPSA) is 69.2 Å². The number of hydrogen-bond donors (Lipinski definition) is 0. The highest BCUT2D eigenvalue weighted by molar-refractivity contribution is 5.84. The largest absolute Gasteiger partial charge is 0.545 e. The van der Waals surface area contributed by atoms with E-state index < -0.39 is 5.97 Å². The van der Waals surface area contributed by atoms with Gasteiger partial charge in [-0.15, -0.1) is 0 Å². The normalized spacial score (nSPS) is 17.4. The van der Waals surface area contributed by atoms with E-state index in [-0.39, 0.29) is 5.56 Å². The Morgan fingerprint density at radius 2 is 1.94 bits per heavy atom. The summed E-state index contributed by atoms with van der Waals surface area (Å²) >= 11 is 0. The van der Waals surface area contributed by atoms with Crippen LogP contribution in [0.4, 0.5) is 5.95 Å². The maximum atomic E-state index is 10.5. The number of nitrogens with zero attached hydrogens (tertiary/aromatic N) is 3. The van der Waals surface area contributed by atoms with Gasteiger partial charge in [0.1, 0.15) is 0 Å². The minimum absolute atomic E-state index is 0.0223. The van der Waals surface area contributed by atoms with E-state index in [0.717, 1.165) is 31.8 Å². The first-order valence-corrected chi connectivity index (χ1v) is 5.45. The molecular formula is C11H14N3O2-. The summed E-state index contributed by atoms with van der Waals surface area (Å²) in [5.41, 5.74) is 0.0223. The van der Waals surface area contributed by atoms with Crippen LogP contribution >= 0.6 is 0 Å². The fourth-order valence-corrected chi connectivity index (χ4v) is 1.80. The molecule has 0 radical (unpaired) electrons. The molecule has 1 saturated heterocycles. The molecule has 0 N–H and O–H groups in total. The van der Waals surface area contributed by atoms with Crippen LogP contribution in [-0.4, -0.2) is 29.0 Å². The third-order valence-electron chi connectivity index (χ3n) is 2.94. The number of carboxylic acids is 1. The van der Waals surface area contributed by atoms with E-state index in [1.54, 1.807) is 0 Å². The summed E-state index contributed by atoms with van der Waals surface area (Å²) in [5.74, 6) is 0.120. The van der Waals surface area contributed by atoms with Gasteiger partial charge in [-0.05, 0) is 18.8 Å². The fourth-order valence-electron chi connectivity index (χ4n) is 1.80. The van der Waals surface area contributed by atoms with E-state index in [2.05, 4.69) is 21.8 Å². The average molecular weight is 220 g/mol. The van der Waals surface area contributed by atoms with Crippen molar-refractivity contribution in [3.63, 3.8) is 0 Å². The Morgan fingerprint density at radius 1 is 1.38 bits per heavy atom. The molecule has 1 aromatic rings. The summed E-state index contributed by atoms with van der Waals surface area (Å²) in [6.45, 7) is 4.11. The average Bonchev–Trinajstić information content (AvgIpc) is 2.30. The molecule has 0 bridgehead atoms. The van der Waals surface area contributed by atoms with Gasteiger partial charge in [-0.3, -0.25) is 0 Å². The lowest BCUT2D eigenvalue weighted by molar-refractivity contribution is -0.255. The maximum Gasteiger partial charge on any atom is 0.225 e. The number of anilines is 1. The summed E-state index contributed by atoms with van der Waals surface area (Å²) < 4.78 is 0. The first kappa shape index (κ1) is 10.9.